The van der Waals surface area contributed by atoms with Crippen LogP contribution in [0.3, 0.4) is 0 Å². The number of amides is 1. The molecule has 1 rings (SSSR count). The summed E-state index contributed by atoms with van der Waals surface area (Å²) in [6.07, 6.45) is 1.88. The molecular formula is C11H20N4O. The molecule has 1 amide bonds. The van der Waals surface area contributed by atoms with Crippen LogP contribution in [0.25, 0.3) is 0 Å². The normalized spacial score (nSPS) is 11.5. The molecule has 0 atom stereocenters. The molecule has 0 saturated carbocycles. The lowest BCUT2D eigenvalue weighted by molar-refractivity contribution is -0.121. The van der Waals surface area contributed by atoms with Gasteiger partial charge in [0.15, 0.2) is 0 Å². The summed E-state index contributed by atoms with van der Waals surface area (Å²) in [6.45, 7) is 6.81. The van der Waals surface area contributed by atoms with E-state index in [9.17, 15) is 4.79 Å². The molecule has 0 saturated heterocycles. The highest BCUT2D eigenvalue weighted by Gasteiger charge is 2.12. The van der Waals surface area contributed by atoms with E-state index in [-0.39, 0.29) is 11.4 Å². The van der Waals surface area contributed by atoms with Gasteiger partial charge in [-0.2, -0.15) is 5.10 Å². The Balaban J connectivity index is 2.23. The molecule has 1 aromatic rings. The van der Waals surface area contributed by atoms with Crippen molar-refractivity contribution in [3.63, 3.8) is 0 Å². The Labute approximate surface area is 96.2 Å². The summed E-state index contributed by atoms with van der Waals surface area (Å²) >= 11 is 0. The van der Waals surface area contributed by atoms with Crippen LogP contribution in [0.5, 0.6) is 0 Å². The number of aromatic nitrogens is 2. The molecule has 5 nitrogen and oxygen atoms in total. The van der Waals surface area contributed by atoms with Crippen LogP contribution >= 0.6 is 0 Å². The van der Waals surface area contributed by atoms with Crippen LogP contribution in [0.1, 0.15) is 26.5 Å². The Morgan fingerprint density at radius 3 is 2.69 bits per heavy atom. The van der Waals surface area contributed by atoms with E-state index in [2.05, 4.69) is 15.7 Å². The molecule has 0 aliphatic heterocycles. The number of nitrogens with zero attached hydrogens (tertiary/aromatic N) is 2. The summed E-state index contributed by atoms with van der Waals surface area (Å²) in [7, 11) is 1.87. The van der Waals surface area contributed by atoms with Crippen molar-refractivity contribution in [2.45, 2.75) is 32.9 Å². The summed E-state index contributed by atoms with van der Waals surface area (Å²) in [4.78, 5) is 11.5. The SMILES string of the molecule is Cn1ccc(CNCC(=O)NC(C)(C)C)n1. The monoisotopic (exact) mass is 224 g/mol. The van der Waals surface area contributed by atoms with Gasteiger partial charge in [-0.15, -0.1) is 0 Å². The molecular weight excluding hydrogens is 204 g/mol. The van der Waals surface area contributed by atoms with Crippen LogP contribution in [0.4, 0.5) is 0 Å². The van der Waals surface area contributed by atoms with E-state index in [1.54, 1.807) is 4.68 Å². The fourth-order valence-electron chi connectivity index (χ4n) is 1.32. The average molecular weight is 224 g/mol. The quantitative estimate of drug-likeness (QED) is 0.779. The fourth-order valence-corrected chi connectivity index (χ4v) is 1.32. The van der Waals surface area contributed by atoms with Gasteiger partial charge < -0.3 is 10.6 Å². The van der Waals surface area contributed by atoms with Gasteiger partial charge in [0.2, 0.25) is 5.91 Å². The lowest BCUT2D eigenvalue weighted by atomic mass is 10.1. The zero-order chi connectivity index (χ0) is 12.2. The van der Waals surface area contributed by atoms with E-state index >= 15 is 0 Å². The topological polar surface area (TPSA) is 59.0 Å². The van der Waals surface area contributed by atoms with Crippen molar-refractivity contribution in [3.8, 4) is 0 Å². The second-order valence-corrected chi connectivity index (χ2v) is 4.88. The van der Waals surface area contributed by atoms with Gasteiger partial charge in [0.25, 0.3) is 0 Å². The first kappa shape index (κ1) is 12.7. The molecule has 1 heterocycles. The summed E-state index contributed by atoms with van der Waals surface area (Å²) in [6, 6.07) is 1.93. The predicted molar refractivity (Wildman–Crippen MR) is 62.8 cm³/mol. The van der Waals surface area contributed by atoms with E-state index in [0.29, 0.717) is 13.1 Å². The molecule has 0 unspecified atom stereocenters. The van der Waals surface area contributed by atoms with Gasteiger partial charge in [0.1, 0.15) is 0 Å². The first-order valence-electron chi connectivity index (χ1n) is 5.37. The Bertz CT molecular complexity index is 351. The van der Waals surface area contributed by atoms with Crippen molar-refractivity contribution in [1.82, 2.24) is 20.4 Å². The maximum atomic E-state index is 11.5. The number of carbonyl (C=O) groups excluding carboxylic acids is 1. The highest BCUT2D eigenvalue weighted by atomic mass is 16.2. The first-order valence-corrected chi connectivity index (χ1v) is 5.37. The van der Waals surface area contributed by atoms with Crippen molar-refractivity contribution in [3.05, 3.63) is 18.0 Å². The molecule has 90 valence electrons. The average Bonchev–Trinajstić information content (AvgIpc) is 2.48. The Morgan fingerprint density at radius 2 is 2.19 bits per heavy atom. The molecule has 1 aromatic heterocycles. The van der Waals surface area contributed by atoms with Crippen molar-refractivity contribution < 1.29 is 4.79 Å². The Hall–Kier alpha value is -1.36. The summed E-state index contributed by atoms with van der Waals surface area (Å²) in [5.41, 5.74) is 0.759. The van der Waals surface area contributed by atoms with Gasteiger partial charge in [-0.25, -0.2) is 0 Å². The number of carbonyl (C=O) groups is 1. The zero-order valence-electron chi connectivity index (χ0n) is 10.4. The Kier molecular flexibility index (Phi) is 4.06. The largest absolute Gasteiger partial charge is 0.350 e. The highest BCUT2D eigenvalue weighted by Crippen LogP contribution is 1.97. The van der Waals surface area contributed by atoms with E-state index in [1.165, 1.54) is 0 Å². The molecule has 0 fully saturated rings. The third kappa shape index (κ3) is 4.93. The lowest BCUT2D eigenvalue weighted by Gasteiger charge is -2.20. The van der Waals surface area contributed by atoms with Crippen LogP contribution in [-0.4, -0.2) is 27.8 Å². The van der Waals surface area contributed by atoms with Crippen molar-refractivity contribution >= 4 is 5.91 Å². The molecule has 16 heavy (non-hydrogen) atoms. The molecule has 0 aliphatic carbocycles. The second-order valence-electron chi connectivity index (χ2n) is 4.88. The Morgan fingerprint density at radius 1 is 1.50 bits per heavy atom. The third-order valence-corrected chi connectivity index (χ3v) is 1.87. The standard InChI is InChI=1S/C11H20N4O/c1-11(2,3)13-10(16)8-12-7-9-5-6-15(4)14-9/h5-6,12H,7-8H2,1-4H3,(H,13,16). The maximum Gasteiger partial charge on any atom is 0.234 e. The number of nitrogens with one attached hydrogen (secondary N) is 2. The number of rotatable bonds is 4. The van der Waals surface area contributed by atoms with Crippen molar-refractivity contribution in [2.24, 2.45) is 7.05 Å². The number of aryl methyl sites for hydroxylation is 1. The number of hydrogen-bond donors (Lipinski definition) is 2. The van der Waals surface area contributed by atoms with Crippen LogP contribution in [0.2, 0.25) is 0 Å². The highest BCUT2D eigenvalue weighted by molar-refractivity contribution is 5.78. The third-order valence-electron chi connectivity index (χ3n) is 1.87. The van der Waals surface area contributed by atoms with Crippen LogP contribution in [0.15, 0.2) is 12.3 Å². The van der Waals surface area contributed by atoms with Crippen molar-refractivity contribution in [2.75, 3.05) is 6.54 Å². The zero-order valence-corrected chi connectivity index (χ0v) is 10.4. The van der Waals surface area contributed by atoms with E-state index in [0.717, 1.165) is 5.69 Å². The maximum absolute atomic E-state index is 11.5. The first-order chi connectivity index (χ1) is 7.37. The number of hydrogen-bond acceptors (Lipinski definition) is 3. The molecule has 2 N–H and O–H groups in total. The predicted octanol–water partition coefficient (Wildman–Crippen LogP) is 0.424. The minimum Gasteiger partial charge on any atom is -0.350 e. The van der Waals surface area contributed by atoms with Crippen LogP contribution < -0.4 is 10.6 Å². The summed E-state index contributed by atoms with van der Waals surface area (Å²) in [5.74, 6) is 0.00318. The second kappa shape index (κ2) is 5.12. The van der Waals surface area contributed by atoms with Gasteiger partial charge >= 0.3 is 0 Å². The summed E-state index contributed by atoms with van der Waals surface area (Å²) in [5, 5.41) is 10.1. The van der Waals surface area contributed by atoms with Crippen molar-refractivity contribution in [1.29, 1.82) is 0 Å². The van der Waals surface area contributed by atoms with Gasteiger partial charge in [-0.1, -0.05) is 0 Å². The van der Waals surface area contributed by atoms with Gasteiger partial charge in [0.05, 0.1) is 12.2 Å². The van der Waals surface area contributed by atoms with E-state index < -0.39 is 0 Å². The fraction of sp³-hybridized carbons (Fsp3) is 0.636. The van der Waals surface area contributed by atoms with E-state index in [4.69, 9.17) is 0 Å². The molecule has 0 aliphatic rings. The summed E-state index contributed by atoms with van der Waals surface area (Å²) < 4.78 is 1.74. The van der Waals surface area contributed by atoms with Crippen LogP contribution in [-0.2, 0) is 18.4 Å². The molecule has 0 radical (unpaired) electrons. The molecule has 0 spiro atoms. The molecule has 0 bridgehead atoms. The van der Waals surface area contributed by atoms with Gasteiger partial charge in [0, 0.05) is 25.3 Å². The lowest BCUT2D eigenvalue weighted by Crippen LogP contribution is -2.44. The minimum absolute atomic E-state index is 0.00318. The smallest absolute Gasteiger partial charge is 0.234 e. The van der Waals surface area contributed by atoms with Crippen LogP contribution in [0, 0.1) is 0 Å². The molecule has 5 heteroatoms. The molecule has 0 aromatic carbocycles. The van der Waals surface area contributed by atoms with E-state index in [1.807, 2.05) is 40.1 Å². The minimum atomic E-state index is -0.177. The van der Waals surface area contributed by atoms with Gasteiger partial charge in [-0.05, 0) is 26.8 Å². The van der Waals surface area contributed by atoms with Gasteiger partial charge in [-0.3, -0.25) is 9.48 Å².